The lowest BCUT2D eigenvalue weighted by atomic mass is 10.2. The highest BCUT2D eigenvalue weighted by Gasteiger charge is 2.07. The van der Waals surface area contributed by atoms with Crippen molar-refractivity contribution in [3.8, 4) is 0 Å². The quantitative estimate of drug-likeness (QED) is 0.449. The lowest BCUT2D eigenvalue weighted by Crippen LogP contribution is -2.13. The van der Waals surface area contributed by atoms with E-state index in [0.717, 1.165) is 6.92 Å². The molecule has 0 saturated carbocycles. The number of ether oxygens (including phenoxy) is 3. The Morgan fingerprint density at radius 3 is 1.63 bits per heavy atom. The van der Waals surface area contributed by atoms with Gasteiger partial charge < -0.3 is 14.2 Å². The number of carbonyl (C=O) groups excluding carboxylic acids is 3. The summed E-state index contributed by atoms with van der Waals surface area (Å²) < 4.78 is 13.1. The monoisotopic (exact) mass is 296 g/mol. The van der Waals surface area contributed by atoms with Crippen molar-refractivity contribution in [2.24, 2.45) is 11.8 Å². The molecule has 0 aliphatic carbocycles. The molecule has 0 rings (SSSR count). The molecule has 0 aromatic rings. The standard InChI is InChI=1S/C7H12O4.C5H9ClO2/c1-5(2)4-10-7(9)11-6(3)8;1-4(2)3-8-5(6)7/h5H,4H2,1-3H3;4H,3H2,1-2H3. The van der Waals surface area contributed by atoms with E-state index in [0.29, 0.717) is 12.5 Å². The summed E-state index contributed by atoms with van der Waals surface area (Å²) in [4.78, 5) is 30.6. The fraction of sp³-hybridized carbons (Fsp3) is 0.750. The second-order valence-electron chi connectivity index (χ2n) is 4.49. The van der Waals surface area contributed by atoms with Gasteiger partial charge >= 0.3 is 17.6 Å². The highest BCUT2D eigenvalue weighted by Crippen LogP contribution is 1.95. The van der Waals surface area contributed by atoms with Crippen LogP contribution < -0.4 is 0 Å². The maximum Gasteiger partial charge on any atom is 0.516 e. The van der Waals surface area contributed by atoms with Gasteiger partial charge in [-0.2, -0.15) is 0 Å². The van der Waals surface area contributed by atoms with Crippen LogP contribution >= 0.6 is 11.6 Å². The van der Waals surface area contributed by atoms with E-state index in [4.69, 9.17) is 11.6 Å². The molecule has 0 aliphatic rings. The Balaban J connectivity index is 0. The van der Waals surface area contributed by atoms with E-state index in [1.165, 1.54) is 0 Å². The predicted octanol–water partition coefficient (Wildman–Crippen LogP) is 3.36. The molecule has 0 atom stereocenters. The van der Waals surface area contributed by atoms with E-state index in [-0.39, 0.29) is 12.5 Å². The minimum atomic E-state index is -0.925. The Morgan fingerprint density at radius 1 is 0.947 bits per heavy atom. The summed E-state index contributed by atoms with van der Waals surface area (Å²) in [5.41, 5.74) is -0.723. The van der Waals surface area contributed by atoms with Gasteiger partial charge in [0.1, 0.15) is 0 Å². The van der Waals surface area contributed by atoms with Gasteiger partial charge in [-0.3, -0.25) is 4.79 Å². The molecule has 0 N–H and O–H groups in total. The first-order valence-electron chi connectivity index (χ1n) is 5.82. The van der Waals surface area contributed by atoms with Crippen LogP contribution in [0.5, 0.6) is 0 Å². The lowest BCUT2D eigenvalue weighted by molar-refractivity contribution is -0.137. The zero-order valence-corrected chi connectivity index (χ0v) is 12.7. The summed E-state index contributed by atoms with van der Waals surface area (Å²) in [5, 5.41) is 0. The van der Waals surface area contributed by atoms with Gasteiger partial charge in [0.15, 0.2) is 0 Å². The third kappa shape index (κ3) is 22.4. The summed E-state index contributed by atoms with van der Waals surface area (Å²) >= 11 is 4.86. The van der Waals surface area contributed by atoms with E-state index in [1.54, 1.807) is 0 Å². The number of esters is 1. The minimum Gasteiger partial charge on any atom is -0.453 e. The first kappa shape index (κ1) is 20.0. The smallest absolute Gasteiger partial charge is 0.453 e. The van der Waals surface area contributed by atoms with Gasteiger partial charge in [-0.1, -0.05) is 27.7 Å². The van der Waals surface area contributed by atoms with Crippen LogP contribution in [0, 0.1) is 11.8 Å². The topological polar surface area (TPSA) is 78.9 Å². The van der Waals surface area contributed by atoms with Gasteiger partial charge in [0.2, 0.25) is 0 Å². The number of halogens is 1. The van der Waals surface area contributed by atoms with Crippen molar-refractivity contribution in [2.45, 2.75) is 34.6 Å². The van der Waals surface area contributed by atoms with Crippen molar-refractivity contribution in [3.63, 3.8) is 0 Å². The van der Waals surface area contributed by atoms with E-state index < -0.39 is 17.6 Å². The van der Waals surface area contributed by atoms with Crippen LogP contribution in [0.15, 0.2) is 0 Å². The zero-order valence-electron chi connectivity index (χ0n) is 11.9. The van der Waals surface area contributed by atoms with Crippen molar-refractivity contribution in [3.05, 3.63) is 0 Å². The van der Waals surface area contributed by atoms with Crippen molar-refractivity contribution in [2.75, 3.05) is 13.2 Å². The van der Waals surface area contributed by atoms with Crippen LogP contribution in [0.1, 0.15) is 34.6 Å². The SMILES string of the molecule is CC(=O)OC(=O)OCC(C)C.CC(C)COC(=O)Cl. The van der Waals surface area contributed by atoms with Gasteiger partial charge in [-0.05, 0) is 11.8 Å². The molecule has 0 radical (unpaired) electrons. The molecule has 0 spiro atoms. The normalized spacial score (nSPS) is 9.47. The Bertz CT molecular complexity index is 288. The molecule has 0 unspecified atom stereocenters. The average molecular weight is 297 g/mol. The van der Waals surface area contributed by atoms with Gasteiger partial charge in [-0.15, -0.1) is 0 Å². The summed E-state index contributed by atoms with van der Waals surface area (Å²) in [6.45, 7) is 9.49. The molecular formula is C12H21ClO6. The van der Waals surface area contributed by atoms with Gasteiger partial charge in [0.25, 0.3) is 0 Å². The molecule has 6 nitrogen and oxygen atoms in total. The molecule has 0 saturated heterocycles. The number of rotatable bonds is 4. The van der Waals surface area contributed by atoms with Crippen LogP contribution in [-0.4, -0.2) is 30.8 Å². The highest BCUT2D eigenvalue weighted by molar-refractivity contribution is 6.61. The predicted molar refractivity (Wildman–Crippen MR) is 70.0 cm³/mol. The summed E-state index contributed by atoms with van der Waals surface area (Å²) in [5.74, 6) is -0.0500. The molecule has 19 heavy (non-hydrogen) atoms. The Morgan fingerprint density at radius 2 is 1.37 bits per heavy atom. The number of carbonyl (C=O) groups is 3. The molecule has 112 valence electrons. The van der Waals surface area contributed by atoms with Gasteiger partial charge in [0, 0.05) is 18.5 Å². The van der Waals surface area contributed by atoms with Crippen LogP contribution in [-0.2, 0) is 19.0 Å². The second kappa shape index (κ2) is 11.8. The van der Waals surface area contributed by atoms with E-state index in [9.17, 15) is 14.4 Å². The highest BCUT2D eigenvalue weighted by atomic mass is 35.5. The zero-order chi connectivity index (χ0) is 15.4. The fourth-order valence-corrected chi connectivity index (χ4v) is 0.677. The van der Waals surface area contributed by atoms with Crippen LogP contribution in [0.2, 0.25) is 0 Å². The van der Waals surface area contributed by atoms with Gasteiger partial charge in [0.05, 0.1) is 13.2 Å². The van der Waals surface area contributed by atoms with Crippen LogP contribution in [0.4, 0.5) is 9.59 Å². The van der Waals surface area contributed by atoms with Crippen molar-refractivity contribution in [1.82, 2.24) is 0 Å². The molecule has 0 heterocycles. The van der Waals surface area contributed by atoms with Crippen molar-refractivity contribution < 1.29 is 28.6 Å². The molecular weight excluding hydrogens is 276 g/mol. The van der Waals surface area contributed by atoms with E-state index >= 15 is 0 Å². The number of hydrogen-bond donors (Lipinski definition) is 0. The molecule has 0 aromatic carbocycles. The Labute approximate surface area is 118 Å². The van der Waals surface area contributed by atoms with Crippen molar-refractivity contribution >= 4 is 29.2 Å². The number of hydrogen-bond acceptors (Lipinski definition) is 6. The Kier molecular flexibility index (Phi) is 12.4. The summed E-state index contributed by atoms with van der Waals surface area (Å²) in [6, 6.07) is 0. The molecule has 0 amide bonds. The maximum atomic E-state index is 10.5. The maximum absolute atomic E-state index is 10.5. The molecule has 0 bridgehead atoms. The molecule has 0 fully saturated rings. The van der Waals surface area contributed by atoms with Crippen LogP contribution in [0.25, 0.3) is 0 Å². The molecule has 0 aromatic heterocycles. The van der Waals surface area contributed by atoms with Crippen LogP contribution in [0.3, 0.4) is 0 Å². The average Bonchev–Trinajstić information content (AvgIpc) is 2.23. The third-order valence-corrected chi connectivity index (χ3v) is 1.40. The lowest BCUT2D eigenvalue weighted by Gasteiger charge is -2.04. The Hall–Kier alpha value is -1.30. The first-order valence-corrected chi connectivity index (χ1v) is 6.20. The van der Waals surface area contributed by atoms with Crippen molar-refractivity contribution in [1.29, 1.82) is 0 Å². The van der Waals surface area contributed by atoms with Gasteiger partial charge in [-0.25, -0.2) is 9.59 Å². The second-order valence-corrected chi connectivity index (χ2v) is 4.80. The minimum absolute atomic E-state index is 0.245. The van der Waals surface area contributed by atoms with E-state index in [2.05, 4.69) is 14.2 Å². The molecule has 0 aliphatic heterocycles. The largest absolute Gasteiger partial charge is 0.516 e. The van der Waals surface area contributed by atoms with E-state index in [1.807, 2.05) is 27.7 Å². The third-order valence-electron chi connectivity index (χ3n) is 1.29. The summed E-state index contributed by atoms with van der Waals surface area (Å²) in [6.07, 6.45) is -0.925. The summed E-state index contributed by atoms with van der Waals surface area (Å²) in [7, 11) is 0. The fourth-order valence-electron chi connectivity index (χ4n) is 0.614. The molecule has 7 heteroatoms. The first-order chi connectivity index (χ1) is 8.65.